The lowest BCUT2D eigenvalue weighted by Crippen LogP contribution is -2.29. The lowest BCUT2D eigenvalue weighted by atomic mass is 10.2. The van der Waals surface area contributed by atoms with Gasteiger partial charge in [0, 0.05) is 23.7 Å². The van der Waals surface area contributed by atoms with Crippen molar-refractivity contribution >= 4 is 66.4 Å². The van der Waals surface area contributed by atoms with E-state index in [4.69, 9.17) is 23.2 Å². The van der Waals surface area contributed by atoms with Gasteiger partial charge in [-0.05, 0) is 61.4 Å². The molecule has 0 radical (unpaired) electrons. The minimum absolute atomic E-state index is 0.132. The smallest absolute Gasteiger partial charge is 0.279 e. The topological polar surface area (TPSA) is 71.7 Å². The van der Waals surface area contributed by atoms with Gasteiger partial charge in [0.05, 0.1) is 25.8 Å². The molecule has 0 bridgehead atoms. The maximum absolute atomic E-state index is 13.2. The van der Waals surface area contributed by atoms with Gasteiger partial charge in [0.1, 0.15) is 0 Å². The average Bonchev–Trinajstić information content (AvgIpc) is 3.40. The zero-order valence-corrected chi connectivity index (χ0v) is 21.2. The molecule has 1 amide bonds. The third-order valence-corrected chi connectivity index (χ3v) is 9.10. The number of aryl methyl sites for hydroxylation is 1. The van der Waals surface area contributed by atoms with E-state index in [9.17, 15) is 13.2 Å². The molecular formula is C24H19Cl2N3O3S2. The van der Waals surface area contributed by atoms with Crippen molar-refractivity contribution in [3.8, 4) is 0 Å². The SMILES string of the molecule is CCn1c(=NC(=O)c2ccc(S(=O)(=O)N3CCc4ccccc43)cc2)sc2cc(Cl)cc(Cl)c21. The van der Waals surface area contributed by atoms with Crippen molar-refractivity contribution in [1.29, 1.82) is 0 Å². The number of anilines is 1. The summed E-state index contributed by atoms with van der Waals surface area (Å²) >= 11 is 13.8. The molecule has 6 nitrogen and oxygen atoms in total. The summed E-state index contributed by atoms with van der Waals surface area (Å²) in [5, 5.41) is 1.00. The molecule has 10 heteroatoms. The minimum atomic E-state index is -3.73. The van der Waals surface area contributed by atoms with Gasteiger partial charge in [-0.1, -0.05) is 52.7 Å². The quantitative estimate of drug-likeness (QED) is 0.348. The van der Waals surface area contributed by atoms with Crippen molar-refractivity contribution in [3.63, 3.8) is 0 Å². The fourth-order valence-corrected chi connectivity index (χ4v) is 7.49. The number of nitrogens with zero attached hydrogens (tertiary/aromatic N) is 3. The molecule has 5 rings (SSSR count). The highest BCUT2D eigenvalue weighted by Gasteiger charge is 2.30. The number of hydrogen-bond donors (Lipinski definition) is 0. The molecule has 1 aliphatic rings. The first-order valence-electron chi connectivity index (χ1n) is 10.6. The van der Waals surface area contributed by atoms with Gasteiger partial charge in [-0.3, -0.25) is 9.10 Å². The normalized spacial score (nSPS) is 14.1. The van der Waals surface area contributed by atoms with E-state index in [1.165, 1.54) is 39.9 Å². The van der Waals surface area contributed by atoms with Crippen LogP contribution in [0.15, 0.2) is 70.6 Å². The number of thiazole rings is 1. The second-order valence-corrected chi connectivity index (χ2v) is 11.5. The first-order chi connectivity index (χ1) is 16.3. The number of hydrogen-bond acceptors (Lipinski definition) is 4. The number of carbonyl (C=O) groups is 1. The number of amides is 1. The molecule has 174 valence electrons. The molecule has 0 saturated heterocycles. The van der Waals surface area contributed by atoms with Gasteiger partial charge in [-0.2, -0.15) is 4.99 Å². The first kappa shape index (κ1) is 23.1. The van der Waals surface area contributed by atoms with Crippen molar-refractivity contribution in [3.05, 3.63) is 86.6 Å². The second kappa shape index (κ2) is 8.85. The van der Waals surface area contributed by atoms with Gasteiger partial charge in [0.15, 0.2) is 4.80 Å². The Morgan fingerprint density at radius 2 is 1.82 bits per heavy atom. The summed E-state index contributed by atoms with van der Waals surface area (Å²) in [7, 11) is -3.73. The Morgan fingerprint density at radius 3 is 2.56 bits per heavy atom. The lowest BCUT2D eigenvalue weighted by Gasteiger charge is -2.19. The van der Waals surface area contributed by atoms with Crippen LogP contribution in [0.3, 0.4) is 0 Å². The van der Waals surface area contributed by atoms with Gasteiger partial charge in [-0.15, -0.1) is 0 Å². The van der Waals surface area contributed by atoms with Crippen LogP contribution < -0.4 is 9.11 Å². The fourth-order valence-electron chi connectivity index (χ4n) is 4.11. The van der Waals surface area contributed by atoms with Crippen LogP contribution in [0.1, 0.15) is 22.8 Å². The summed E-state index contributed by atoms with van der Waals surface area (Å²) in [6, 6.07) is 16.8. The predicted octanol–water partition coefficient (Wildman–Crippen LogP) is 5.52. The predicted molar refractivity (Wildman–Crippen MR) is 137 cm³/mol. The third-order valence-electron chi connectivity index (χ3n) is 5.74. The number of benzene rings is 3. The summed E-state index contributed by atoms with van der Waals surface area (Å²) in [6.45, 7) is 2.91. The Labute approximate surface area is 210 Å². The highest BCUT2D eigenvalue weighted by atomic mass is 35.5. The van der Waals surface area contributed by atoms with Gasteiger partial charge in [0.25, 0.3) is 15.9 Å². The van der Waals surface area contributed by atoms with Crippen LogP contribution in [0.5, 0.6) is 0 Å². The van der Waals surface area contributed by atoms with Crippen molar-refractivity contribution in [2.75, 3.05) is 10.8 Å². The van der Waals surface area contributed by atoms with Crippen LogP contribution in [0, 0.1) is 0 Å². The Balaban J connectivity index is 1.47. The molecule has 0 fully saturated rings. The van der Waals surface area contributed by atoms with E-state index in [1.807, 2.05) is 35.8 Å². The van der Waals surface area contributed by atoms with E-state index >= 15 is 0 Å². The van der Waals surface area contributed by atoms with Crippen molar-refractivity contribution in [2.24, 2.45) is 4.99 Å². The van der Waals surface area contributed by atoms with E-state index in [0.29, 0.717) is 45.6 Å². The van der Waals surface area contributed by atoms with E-state index < -0.39 is 15.9 Å². The van der Waals surface area contributed by atoms with E-state index in [0.717, 1.165) is 15.8 Å². The highest BCUT2D eigenvalue weighted by molar-refractivity contribution is 7.92. The molecular weight excluding hydrogens is 513 g/mol. The van der Waals surface area contributed by atoms with Crippen molar-refractivity contribution in [1.82, 2.24) is 4.57 Å². The summed E-state index contributed by atoms with van der Waals surface area (Å²) in [6.07, 6.45) is 0.673. The van der Waals surface area contributed by atoms with Crippen LogP contribution in [0.2, 0.25) is 10.0 Å². The van der Waals surface area contributed by atoms with Crippen molar-refractivity contribution in [2.45, 2.75) is 24.8 Å². The molecule has 0 saturated carbocycles. The molecule has 0 atom stereocenters. The number of carbonyl (C=O) groups excluding carboxylic acids is 1. The van der Waals surface area contributed by atoms with E-state index in [1.54, 1.807) is 12.1 Å². The lowest BCUT2D eigenvalue weighted by molar-refractivity contribution is 0.0997. The van der Waals surface area contributed by atoms with Gasteiger partial charge < -0.3 is 4.57 Å². The Kier molecular flexibility index (Phi) is 6.02. The molecule has 0 N–H and O–H groups in total. The molecule has 0 spiro atoms. The van der Waals surface area contributed by atoms with Crippen LogP contribution in [0.4, 0.5) is 5.69 Å². The number of fused-ring (bicyclic) bond motifs is 2. The summed E-state index contributed by atoms with van der Waals surface area (Å²) in [5.74, 6) is -0.466. The monoisotopic (exact) mass is 531 g/mol. The summed E-state index contributed by atoms with van der Waals surface area (Å²) < 4.78 is 30.5. The third kappa shape index (κ3) is 3.94. The highest BCUT2D eigenvalue weighted by Crippen LogP contribution is 2.33. The zero-order chi connectivity index (χ0) is 24.0. The van der Waals surface area contributed by atoms with E-state index in [2.05, 4.69) is 4.99 Å². The first-order valence-corrected chi connectivity index (χ1v) is 13.6. The van der Waals surface area contributed by atoms with Gasteiger partial charge >= 0.3 is 0 Å². The minimum Gasteiger partial charge on any atom is -0.315 e. The van der Waals surface area contributed by atoms with Gasteiger partial charge in [0.2, 0.25) is 0 Å². The van der Waals surface area contributed by atoms with Crippen molar-refractivity contribution < 1.29 is 13.2 Å². The average molecular weight is 532 g/mol. The molecule has 3 aromatic carbocycles. The number of aromatic nitrogens is 1. The molecule has 0 unspecified atom stereocenters. The Hall–Kier alpha value is -2.65. The Bertz CT molecular complexity index is 1610. The fraction of sp³-hybridized carbons (Fsp3) is 0.167. The Morgan fingerprint density at radius 1 is 1.09 bits per heavy atom. The number of sulfonamides is 1. The molecule has 1 aromatic heterocycles. The molecule has 1 aliphatic heterocycles. The molecule has 34 heavy (non-hydrogen) atoms. The van der Waals surface area contributed by atoms with E-state index in [-0.39, 0.29) is 4.90 Å². The summed E-state index contributed by atoms with van der Waals surface area (Å²) in [4.78, 5) is 17.8. The number of rotatable bonds is 4. The van der Waals surface area contributed by atoms with Crippen LogP contribution in [0.25, 0.3) is 10.2 Å². The maximum Gasteiger partial charge on any atom is 0.279 e. The van der Waals surface area contributed by atoms with Crippen LogP contribution in [-0.4, -0.2) is 25.4 Å². The van der Waals surface area contributed by atoms with Crippen LogP contribution in [-0.2, 0) is 23.0 Å². The number of para-hydroxylation sites is 1. The standard InChI is InChI=1S/C24H19Cl2N3O3S2/c1-2-28-22-19(26)13-17(25)14-21(22)33-24(28)27-23(30)16-7-9-18(10-8-16)34(31,32)29-12-11-15-5-3-4-6-20(15)29/h3-10,13-14H,2,11-12H2,1H3. The summed E-state index contributed by atoms with van der Waals surface area (Å²) in [5.41, 5.74) is 2.78. The molecule has 0 aliphatic carbocycles. The second-order valence-electron chi connectivity index (χ2n) is 7.76. The molecule has 4 aromatic rings. The molecule has 2 heterocycles. The maximum atomic E-state index is 13.2. The largest absolute Gasteiger partial charge is 0.315 e. The van der Waals surface area contributed by atoms with Gasteiger partial charge in [-0.25, -0.2) is 8.42 Å². The zero-order valence-electron chi connectivity index (χ0n) is 18.0. The number of halogens is 2. The van der Waals surface area contributed by atoms with Crippen LogP contribution >= 0.6 is 34.5 Å².